The van der Waals surface area contributed by atoms with Gasteiger partial charge in [0.15, 0.2) is 0 Å². The van der Waals surface area contributed by atoms with Crippen LogP contribution in [0.1, 0.15) is 28.8 Å². The van der Waals surface area contributed by atoms with E-state index < -0.39 is 11.6 Å². The molecule has 5 nitrogen and oxygen atoms in total. The molecule has 7 heteroatoms. The van der Waals surface area contributed by atoms with E-state index in [1.807, 2.05) is 7.05 Å². The van der Waals surface area contributed by atoms with Gasteiger partial charge in [-0.15, -0.1) is 0 Å². The highest BCUT2D eigenvalue weighted by molar-refractivity contribution is 5.93. The van der Waals surface area contributed by atoms with Gasteiger partial charge in [-0.1, -0.05) is 0 Å². The fourth-order valence-corrected chi connectivity index (χ4v) is 3.33. The van der Waals surface area contributed by atoms with E-state index in [4.69, 9.17) is 0 Å². The van der Waals surface area contributed by atoms with Gasteiger partial charge < -0.3 is 4.90 Å². The first-order valence-electron chi connectivity index (χ1n) is 8.35. The van der Waals surface area contributed by atoms with E-state index in [0.29, 0.717) is 17.7 Å². The number of amides is 1. The number of benzene rings is 1. The van der Waals surface area contributed by atoms with Crippen molar-refractivity contribution in [3.8, 4) is 0 Å². The van der Waals surface area contributed by atoms with Gasteiger partial charge in [-0.2, -0.15) is 5.10 Å². The predicted octanol–water partition coefficient (Wildman–Crippen LogP) is 2.43. The smallest absolute Gasteiger partial charge is 0.257 e. The number of likely N-dealkylation sites (tertiary alicyclic amines) is 1. The summed E-state index contributed by atoms with van der Waals surface area (Å²) in [6.07, 6.45) is 4.96. The summed E-state index contributed by atoms with van der Waals surface area (Å²) in [4.78, 5) is 16.4. The largest absolute Gasteiger partial charge is 0.339 e. The fraction of sp³-hybridized carbons (Fsp3) is 0.444. The summed E-state index contributed by atoms with van der Waals surface area (Å²) in [5.41, 5.74) is 1.22. The number of halogens is 2. The number of hydrogen-bond acceptors (Lipinski definition) is 3. The monoisotopic (exact) mass is 348 g/mol. The topological polar surface area (TPSA) is 41.4 Å². The van der Waals surface area contributed by atoms with Crippen molar-refractivity contribution in [3.63, 3.8) is 0 Å². The van der Waals surface area contributed by atoms with Crippen molar-refractivity contribution >= 4 is 5.91 Å². The van der Waals surface area contributed by atoms with Gasteiger partial charge in [0.05, 0.1) is 11.8 Å². The molecule has 0 spiro atoms. The lowest BCUT2D eigenvalue weighted by atomic mass is 10.0. The molecule has 2 heterocycles. The standard InChI is InChI=1S/C18H22F2N4O/c1-22-12-14(10-21-22)18(25)23(2)17-3-5-24(6-4-17)11-13-7-15(19)9-16(20)8-13/h7-10,12,17H,3-6,11H2,1-2H3. The van der Waals surface area contributed by atoms with Crippen molar-refractivity contribution in [2.24, 2.45) is 7.05 Å². The number of carbonyl (C=O) groups excluding carboxylic acids is 1. The second-order valence-electron chi connectivity index (χ2n) is 6.60. The molecule has 3 rings (SSSR count). The lowest BCUT2D eigenvalue weighted by molar-refractivity contribution is 0.0636. The van der Waals surface area contributed by atoms with Crippen LogP contribution in [0.5, 0.6) is 0 Å². The molecular formula is C18H22F2N4O. The van der Waals surface area contributed by atoms with Crippen LogP contribution in [0.15, 0.2) is 30.6 Å². The average molecular weight is 348 g/mol. The van der Waals surface area contributed by atoms with Crippen LogP contribution in [0, 0.1) is 11.6 Å². The summed E-state index contributed by atoms with van der Waals surface area (Å²) in [6, 6.07) is 3.78. The molecule has 2 aromatic rings. The zero-order chi connectivity index (χ0) is 18.0. The molecular weight excluding hydrogens is 326 g/mol. The second kappa shape index (κ2) is 7.31. The number of aryl methyl sites for hydroxylation is 1. The minimum absolute atomic E-state index is 0.0289. The van der Waals surface area contributed by atoms with Crippen molar-refractivity contribution in [2.45, 2.75) is 25.4 Å². The van der Waals surface area contributed by atoms with Crippen molar-refractivity contribution in [1.29, 1.82) is 0 Å². The molecule has 1 aliphatic rings. The Balaban J connectivity index is 1.55. The summed E-state index contributed by atoms with van der Waals surface area (Å²) in [5, 5.41) is 4.04. The quantitative estimate of drug-likeness (QED) is 0.852. The van der Waals surface area contributed by atoms with Gasteiger partial charge >= 0.3 is 0 Å². The third-order valence-electron chi connectivity index (χ3n) is 4.71. The normalized spacial score (nSPS) is 16.2. The summed E-state index contributed by atoms with van der Waals surface area (Å²) in [6.45, 7) is 2.09. The van der Waals surface area contributed by atoms with E-state index in [1.165, 1.54) is 12.1 Å². The number of aromatic nitrogens is 2. The summed E-state index contributed by atoms with van der Waals surface area (Å²) in [7, 11) is 3.60. The van der Waals surface area contributed by atoms with Gasteiger partial charge in [-0.25, -0.2) is 8.78 Å². The molecule has 134 valence electrons. The Morgan fingerprint density at radius 3 is 2.44 bits per heavy atom. The van der Waals surface area contributed by atoms with Gasteiger partial charge in [0.2, 0.25) is 0 Å². The van der Waals surface area contributed by atoms with Crippen molar-refractivity contribution in [1.82, 2.24) is 19.6 Å². The summed E-state index contributed by atoms with van der Waals surface area (Å²) < 4.78 is 28.2. The van der Waals surface area contributed by atoms with Gasteiger partial charge in [-0.3, -0.25) is 14.4 Å². The van der Waals surface area contributed by atoms with Crippen LogP contribution in [-0.4, -0.2) is 51.7 Å². The Labute approximate surface area is 145 Å². The predicted molar refractivity (Wildman–Crippen MR) is 90.0 cm³/mol. The highest BCUT2D eigenvalue weighted by Gasteiger charge is 2.26. The molecule has 0 N–H and O–H groups in total. The van der Waals surface area contributed by atoms with Crippen LogP contribution in [0.2, 0.25) is 0 Å². The maximum atomic E-state index is 13.3. The third kappa shape index (κ3) is 4.22. The molecule has 0 bridgehead atoms. The second-order valence-corrected chi connectivity index (χ2v) is 6.60. The molecule has 0 atom stereocenters. The maximum Gasteiger partial charge on any atom is 0.257 e. The van der Waals surface area contributed by atoms with Crippen molar-refractivity contribution in [3.05, 3.63) is 53.4 Å². The zero-order valence-electron chi connectivity index (χ0n) is 14.5. The molecule has 0 unspecified atom stereocenters. The highest BCUT2D eigenvalue weighted by Crippen LogP contribution is 2.20. The van der Waals surface area contributed by atoms with E-state index in [0.717, 1.165) is 32.0 Å². The van der Waals surface area contributed by atoms with Crippen LogP contribution >= 0.6 is 0 Å². The molecule has 1 amide bonds. The minimum atomic E-state index is -0.549. The number of piperidine rings is 1. The van der Waals surface area contributed by atoms with Crippen molar-refractivity contribution < 1.29 is 13.6 Å². The third-order valence-corrected chi connectivity index (χ3v) is 4.71. The van der Waals surface area contributed by atoms with Gasteiger partial charge in [0.1, 0.15) is 11.6 Å². The van der Waals surface area contributed by atoms with E-state index >= 15 is 0 Å². The minimum Gasteiger partial charge on any atom is -0.339 e. The number of rotatable bonds is 4. The Morgan fingerprint density at radius 1 is 1.24 bits per heavy atom. The van der Waals surface area contributed by atoms with Crippen LogP contribution in [0.4, 0.5) is 8.78 Å². The molecule has 0 saturated carbocycles. The summed E-state index contributed by atoms with van der Waals surface area (Å²) in [5.74, 6) is -1.13. The Bertz CT molecular complexity index is 733. The van der Waals surface area contributed by atoms with E-state index in [1.54, 1.807) is 29.0 Å². The molecule has 1 saturated heterocycles. The molecule has 0 aliphatic carbocycles. The number of carbonyl (C=O) groups is 1. The van der Waals surface area contributed by atoms with Crippen molar-refractivity contribution in [2.75, 3.05) is 20.1 Å². The number of hydrogen-bond donors (Lipinski definition) is 0. The maximum absolute atomic E-state index is 13.3. The van der Waals surface area contributed by atoms with E-state index in [2.05, 4.69) is 10.00 Å². The number of nitrogens with zero attached hydrogens (tertiary/aromatic N) is 4. The molecule has 1 aliphatic heterocycles. The first-order chi connectivity index (χ1) is 11.9. The van der Waals surface area contributed by atoms with E-state index in [-0.39, 0.29) is 11.9 Å². The molecule has 0 radical (unpaired) electrons. The van der Waals surface area contributed by atoms with Gasteiger partial charge in [0.25, 0.3) is 5.91 Å². The Morgan fingerprint density at radius 2 is 1.88 bits per heavy atom. The van der Waals surface area contributed by atoms with Crippen LogP contribution in [-0.2, 0) is 13.6 Å². The lowest BCUT2D eigenvalue weighted by Crippen LogP contribution is -2.45. The average Bonchev–Trinajstić information content (AvgIpc) is 3.00. The first-order valence-corrected chi connectivity index (χ1v) is 8.35. The van der Waals surface area contributed by atoms with Gasteiger partial charge in [-0.05, 0) is 30.5 Å². The lowest BCUT2D eigenvalue weighted by Gasteiger charge is -2.36. The van der Waals surface area contributed by atoms with Crippen LogP contribution in [0.25, 0.3) is 0 Å². The molecule has 1 aromatic carbocycles. The first kappa shape index (κ1) is 17.5. The summed E-state index contributed by atoms with van der Waals surface area (Å²) >= 11 is 0. The Hall–Kier alpha value is -2.28. The molecule has 1 aromatic heterocycles. The SMILES string of the molecule is CN(C(=O)c1cnn(C)c1)C1CCN(Cc2cc(F)cc(F)c2)CC1. The molecule has 1 fully saturated rings. The fourth-order valence-electron chi connectivity index (χ4n) is 3.33. The highest BCUT2D eigenvalue weighted by atomic mass is 19.1. The van der Waals surface area contributed by atoms with Crippen LogP contribution < -0.4 is 0 Å². The molecule has 25 heavy (non-hydrogen) atoms. The zero-order valence-corrected chi connectivity index (χ0v) is 14.5. The van der Waals surface area contributed by atoms with E-state index in [9.17, 15) is 13.6 Å². The Kier molecular flexibility index (Phi) is 5.13. The van der Waals surface area contributed by atoms with Gasteiger partial charge in [0, 0.05) is 52.0 Å². The van der Waals surface area contributed by atoms with Crippen LogP contribution in [0.3, 0.4) is 0 Å².